The summed E-state index contributed by atoms with van der Waals surface area (Å²) >= 11 is 0. The van der Waals surface area contributed by atoms with Crippen molar-refractivity contribution in [1.82, 2.24) is 9.88 Å². The molecule has 6 heteroatoms. The Morgan fingerprint density at radius 1 is 1.53 bits per heavy atom. The lowest BCUT2D eigenvalue weighted by atomic mass is 10.1. The molecule has 0 aromatic carbocycles. The number of carbonyl (C=O) groups excluding carboxylic acids is 1. The van der Waals surface area contributed by atoms with Gasteiger partial charge in [-0.1, -0.05) is 5.16 Å². The van der Waals surface area contributed by atoms with Crippen LogP contribution in [-0.2, 0) is 0 Å². The normalized spacial score (nSPS) is 13.2. The topological polar surface area (TPSA) is 91.8 Å². The highest BCUT2D eigenvalue weighted by Gasteiger charge is 2.20. The zero-order valence-electron chi connectivity index (χ0n) is 11.7. The van der Waals surface area contributed by atoms with Crippen LogP contribution in [0, 0.1) is 13.8 Å². The largest absolute Gasteiger partial charge is 0.409 e. The Balaban J connectivity index is 2.87. The monoisotopic (exact) mass is 264 g/mol. The predicted molar refractivity (Wildman–Crippen MR) is 73.3 cm³/mol. The van der Waals surface area contributed by atoms with E-state index in [1.165, 1.54) is 0 Å². The Hall–Kier alpha value is -2.11. The van der Waals surface area contributed by atoms with Gasteiger partial charge in [0.1, 0.15) is 5.84 Å². The van der Waals surface area contributed by atoms with Crippen LogP contribution in [0.5, 0.6) is 0 Å². The Kier molecular flexibility index (Phi) is 4.86. The molecule has 0 aliphatic rings. The van der Waals surface area contributed by atoms with Gasteiger partial charge in [0.2, 0.25) is 0 Å². The maximum atomic E-state index is 12.3. The van der Waals surface area contributed by atoms with E-state index >= 15 is 0 Å². The summed E-state index contributed by atoms with van der Waals surface area (Å²) in [6, 6.07) is 3.42. The lowest BCUT2D eigenvalue weighted by Gasteiger charge is -2.25. The molecule has 1 unspecified atom stereocenters. The van der Waals surface area contributed by atoms with Crippen molar-refractivity contribution >= 4 is 11.7 Å². The van der Waals surface area contributed by atoms with E-state index in [4.69, 9.17) is 10.9 Å². The van der Waals surface area contributed by atoms with Gasteiger partial charge in [-0.3, -0.25) is 9.78 Å². The van der Waals surface area contributed by atoms with Crippen LogP contribution in [0.1, 0.15) is 35.1 Å². The second-order valence-electron chi connectivity index (χ2n) is 4.65. The minimum Gasteiger partial charge on any atom is -0.409 e. The zero-order valence-corrected chi connectivity index (χ0v) is 11.7. The molecule has 0 bridgehead atoms. The van der Waals surface area contributed by atoms with Crippen LogP contribution in [0.4, 0.5) is 0 Å². The molecular weight excluding hydrogens is 244 g/mol. The van der Waals surface area contributed by atoms with Crippen molar-refractivity contribution in [2.24, 2.45) is 10.9 Å². The predicted octanol–water partition coefficient (Wildman–Crippen LogP) is 1.30. The second kappa shape index (κ2) is 6.17. The average Bonchev–Trinajstić information content (AvgIpc) is 2.36. The van der Waals surface area contributed by atoms with Gasteiger partial charge < -0.3 is 15.8 Å². The first-order valence-electron chi connectivity index (χ1n) is 6.04. The van der Waals surface area contributed by atoms with Crippen LogP contribution in [0.15, 0.2) is 17.3 Å². The fourth-order valence-electron chi connectivity index (χ4n) is 1.78. The van der Waals surface area contributed by atoms with Gasteiger partial charge in [0, 0.05) is 25.2 Å². The molecule has 3 N–H and O–H groups in total. The van der Waals surface area contributed by atoms with E-state index in [0.29, 0.717) is 17.7 Å². The highest BCUT2D eigenvalue weighted by atomic mass is 16.4. The van der Waals surface area contributed by atoms with Crippen molar-refractivity contribution in [3.8, 4) is 0 Å². The molecule has 0 saturated heterocycles. The molecular formula is C13H20N4O2. The van der Waals surface area contributed by atoms with Gasteiger partial charge in [0.15, 0.2) is 0 Å². The van der Waals surface area contributed by atoms with E-state index in [9.17, 15) is 4.79 Å². The highest BCUT2D eigenvalue weighted by Crippen LogP contribution is 2.12. The van der Waals surface area contributed by atoms with E-state index in [0.717, 1.165) is 5.69 Å². The minimum atomic E-state index is -0.163. The van der Waals surface area contributed by atoms with Crippen LogP contribution < -0.4 is 5.73 Å². The molecule has 19 heavy (non-hydrogen) atoms. The molecule has 1 rings (SSSR count). The molecule has 1 heterocycles. The van der Waals surface area contributed by atoms with Gasteiger partial charge >= 0.3 is 0 Å². The van der Waals surface area contributed by atoms with E-state index < -0.39 is 0 Å². The molecule has 104 valence electrons. The highest BCUT2D eigenvalue weighted by molar-refractivity contribution is 5.95. The number of amides is 1. The van der Waals surface area contributed by atoms with Crippen molar-refractivity contribution in [2.45, 2.75) is 33.2 Å². The molecule has 0 radical (unpaired) electrons. The van der Waals surface area contributed by atoms with Crippen molar-refractivity contribution < 1.29 is 10.0 Å². The van der Waals surface area contributed by atoms with E-state index in [2.05, 4.69) is 10.1 Å². The van der Waals surface area contributed by atoms with Gasteiger partial charge in [0.25, 0.3) is 5.91 Å². The van der Waals surface area contributed by atoms with Gasteiger partial charge in [-0.25, -0.2) is 0 Å². The molecule has 6 nitrogen and oxygen atoms in total. The number of oxime groups is 1. The number of rotatable bonds is 4. The SMILES string of the molecule is Cc1ccc(C(=O)N(C)C(C)CC(N)=NO)c(C)n1. The quantitative estimate of drug-likeness (QED) is 0.371. The summed E-state index contributed by atoms with van der Waals surface area (Å²) < 4.78 is 0. The number of nitrogens with two attached hydrogens (primary N) is 1. The molecule has 1 aromatic heterocycles. The number of carbonyl (C=O) groups is 1. The molecule has 1 atom stereocenters. The average molecular weight is 264 g/mol. The second-order valence-corrected chi connectivity index (χ2v) is 4.65. The molecule has 0 spiro atoms. The summed E-state index contributed by atoms with van der Waals surface area (Å²) in [6.45, 7) is 5.53. The van der Waals surface area contributed by atoms with Crippen molar-refractivity contribution in [2.75, 3.05) is 7.05 Å². The number of amidine groups is 1. The molecule has 1 aromatic rings. The third kappa shape index (κ3) is 3.67. The summed E-state index contributed by atoms with van der Waals surface area (Å²) in [5, 5.41) is 11.5. The van der Waals surface area contributed by atoms with Crippen molar-refractivity contribution in [3.63, 3.8) is 0 Å². The van der Waals surface area contributed by atoms with Crippen molar-refractivity contribution in [3.05, 3.63) is 29.1 Å². The third-order valence-corrected chi connectivity index (χ3v) is 3.07. The van der Waals surface area contributed by atoms with Crippen LogP contribution in [0.25, 0.3) is 0 Å². The fourth-order valence-corrected chi connectivity index (χ4v) is 1.78. The maximum absolute atomic E-state index is 12.3. The summed E-state index contributed by atoms with van der Waals surface area (Å²) in [5.41, 5.74) is 7.60. The number of hydrogen-bond acceptors (Lipinski definition) is 4. The number of aromatic nitrogens is 1. The minimum absolute atomic E-state index is 0.103. The molecule has 0 aliphatic heterocycles. The van der Waals surface area contributed by atoms with Crippen LogP contribution in [0.3, 0.4) is 0 Å². The Morgan fingerprint density at radius 2 is 2.16 bits per heavy atom. The van der Waals surface area contributed by atoms with Crippen LogP contribution in [-0.4, -0.2) is 39.9 Å². The van der Waals surface area contributed by atoms with Gasteiger partial charge in [-0.2, -0.15) is 0 Å². The van der Waals surface area contributed by atoms with Gasteiger partial charge in [0.05, 0.1) is 11.3 Å². The van der Waals surface area contributed by atoms with E-state index in [1.807, 2.05) is 26.8 Å². The summed E-state index contributed by atoms with van der Waals surface area (Å²) in [4.78, 5) is 18.2. The Labute approximate surface area is 112 Å². The van der Waals surface area contributed by atoms with Crippen molar-refractivity contribution in [1.29, 1.82) is 0 Å². The number of aryl methyl sites for hydroxylation is 2. The Bertz CT molecular complexity index is 499. The maximum Gasteiger partial charge on any atom is 0.255 e. The molecule has 1 amide bonds. The number of hydrogen-bond donors (Lipinski definition) is 2. The van der Waals surface area contributed by atoms with Gasteiger partial charge in [-0.05, 0) is 32.9 Å². The summed E-state index contributed by atoms with van der Waals surface area (Å²) in [7, 11) is 1.69. The lowest BCUT2D eigenvalue weighted by Crippen LogP contribution is -2.38. The standard InChI is InChI=1S/C13H20N4O2/c1-8-5-6-11(10(3)15-8)13(18)17(4)9(2)7-12(14)16-19/h5-6,9,19H,7H2,1-4H3,(H2,14,16). The smallest absolute Gasteiger partial charge is 0.255 e. The molecule has 0 saturated carbocycles. The zero-order chi connectivity index (χ0) is 14.6. The number of pyridine rings is 1. The lowest BCUT2D eigenvalue weighted by molar-refractivity contribution is 0.0746. The van der Waals surface area contributed by atoms with Gasteiger partial charge in [-0.15, -0.1) is 0 Å². The first kappa shape index (κ1) is 14.9. The fraction of sp³-hybridized carbons (Fsp3) is 0.462. The van der Waals surface area contributed by atoms with E-state index in [-0.39, 0.29) is 17.8 Å². The van der Waals surface area contributed by atoms with Crippen LogP contribution >= 0.6 is 0 Å². The van der Waals surface area contributed by atoms with Crippen LogP contribution in [0.2, 0.25) is 0 Å². The van der Waals surface area contributed by atoms with E-state index in [1.54, 1.807) is 18.0 Å². The molecule has 0 aliphatic carbocycles. The number of nitrogens with zero attached hydrogens (tertiary/aromatic N) is 3. The first-order chi connectivity index (χ1) is 8.86. The first-order valence-corrected chi connectivity index (χ1v) is 6.04. The summed E-state index contributed by atoms with van der Waals surface area (Å²) in [6.07, 6.45) is 0.317. The summed E-state index contributed by atoms with van der Waals surface area (Å²) in [5.74, 6) is -0.0193. The third-order valence-electron chi connectivity index (χ3n) is 3.07. The Morgan fingerprint density at radius 3 is 2.68 bits per heavy atom. The molecule has 0 fully saturated rings.